The Morgan fingerprint density at radius 3 is 2.58 bits per heavy atom. The van der Waals surface area contributed by atoms with Gasteiger partial charge in [-0.2, -0.15) is 0 Å². The van der Waals surface area contributed by atoms with Crippen LogP contribution in [0.3, 0.4) is 0 Å². The number of rotatable bonds is 3. The van der Waals surface area contributed by atoms with Crippen molar-refractivity contribution in [3.8, 4) is 0 Å². The number of nitrogens with two attached hydrogens (primary N) is 1. The predicted molar refractivity (Wildman–Crippen MR) is 92.2 cm³/mol. The molecule has 19 heavy (non-hydrogen) atoms. The van der Waals surface area contributed by atoms with E-state index in [1.807, 2.05) is 30.3 Å². The van der Waals surface area contributed by atoms with Crippen molar-refractivity contribution in [1.82, 2.24) is 0 Å². The van der Waals surface area contributed by atoms with Gasteiger partial charge in [0.1, 0.15) is 4.99 Å². The van der Waals surface area contributed by atoms with Crippen LogP contribution in [0.25, 0.3) is 0 Å². The van der Waals surface area contributed by atoms with E-state index in [0.717, 1.165) is 25.9 Å². The lowest BCUT2D eigenvalue weighted by Gasteiger charge is -2.12. The summed E-state index contributed by atoms with van der Waals surface area (Å²) in [6.07, 6.45) is 0. The molecule has 0 saturated heterocycles. The summed E-state index contributed by atoms with van der Waals surface area (Å²) in [5, 5.41) is 3.36. The van der Waals surface area contributed by atoms with Crippen molar-refractivity contribution in [3.63, 3.8) is 0 Å². The number of anilines is 2. The first kappa shape index (κ1) is 14.5. The van der Waals surface area contributed by atoms with E-state index in [9.17, 15) is 0 Å². The van der Waals surface area contributed by atoms with E-state index < -0.39 is 0 Å². The molecule has 3 N–H and O–H groups in total. The number of hydrogen-bond acceptors (Lipinski definition) is 2. The predicted octanol–water partition coefficient (Wildman–Crippen LogP) is 4.90. The number of aryl methyl sites for hydroxylation is 1. The first-order valence-electron chi connectivity index (χ1n) is 5.60. The fourth-order valence-electron chi connectivity index (χ4n) is 1.69. The highest BCUT2D eigenvalue weighted by molar-refractivity contribution is 9.11. The normalized spacial score (nSPS) is 10.3. The summed E-state index contributed by atoms with van der Waals surface area (Å²) in [5.41, 5.74) is 9.65. The average molecular weight is 400 g/mol. The van der Waals surface area contributed by atoms with E-state index in [-0.39, 0.29) is 0 Å². The molecule has 5 heteroatoms. The van der Waals surface area contributed by atoms with Crippen LogP contribution in [0, 0.1) is 6.92 Å². The fourth-order valence-corrected chi connectivity index (χ4v) is 2.96. The van der Waals surface area contributed by atoms with Gasteiger partial charge in [-0.05, 0) is 68.6 Å². The van der Waals surface area contributed by atoms with Crippen LogP contribution in [-0.4, -0.2) is 4.99 Å². The molecule has 0 bridgehead atoms. The second kappa shape index (κ2) is 6.03. The molecule has 0 heterocycles. The minimum atomic E-state index is 0.384. The third-order valence-electron chi connectivity index (χ3n) is 2.71. The number of nitrogens with one attached hydrogen (secondary N) is 1. The van der Waals surface area contributed by atoms with Gasteiger partial charge in [0.2, 0.25) is 0 Å². The van der Waals surface area contributed by atoms with Crippen LogP contribution >= 0.6 is 44.1 Å². The maximum atomic E-state index is 5.63. The van der Waals surface area contributed by atoms with Gasteiger partial charge in [0.05, 0.1) is 5.69 Å². The monoisotopic (exact) mass is 398 g/mol. The summed E-state index contributed by atoms with van der Waals surface area (Å²) < 4.78 is 1.94. The molecule has 98 valence electrons. The van der Waals surface area contributed by atoms with Gasteiger partial charge in [-0.15, -0.1) is 0 Å². The van der Waals surface area contributed by atoms with Crippen LogP contribution in [0.4, 0.5) is 11.4 Å². The van der Waals surface area contributed by atoms with Gasteiger partial charge in [0.15, 0.2) is 0 Å². The maximum absolute atomic E-state index is 5.63. The zero-order chi connectivity index (χ0) is 14.0. The van der Waals surface area contributed by atoms with Gasteiger partial charge in [-0.1, -0.05) is 24.4 Å². The van der Waals surface area contributed by atoms with Crippen molar-refractivity contribution in [1.29, 1.82) is 0 Å². The van der Waals surface area contributed by atoms with E-state index in [2.05, 4.69) is 50.2 Å². The quantitative estimate of drug-likeness (QED) is 0.721. The summed E-state index contributed by atoms with van der Waals surface area (Å²) >= 11 is 12.0. The molecule has 0 aliphatic heterocycles. The molecular formula is C14H12Br2N2S. The summed E-state index contributed by atoms with van der Waals surface area (Å²) in [6.45, 7) is 2.06. The smallest absolute Gasteiger partial charge is 0.105 e. The lowest BCUT2D eigenvalue weighted by molar-refractivity contribution is 1.41. The zero-order valence-corrected chi connectivity index (χ0v) is 14.2. The van der Waals surface area contributed by atoms with Gasteiger partial charge in [0, 0.05) is 20.2 Å². The molecule has 0 radical (unpaired) electrons. The van der Waals surface area contributed by atoms with Gasteiger partial charge in [-0.3, -0.25) is 0 Å². The average Bonchev–Trinajstić information content (AvgIpc) is 2.34. The molecule has 2 aromatic carbocycles. The molecule has 0 fully saturated rings. The molecule has 2 nitrogen and oxygen atoms in total. The van der Waals surface area contributed by atoms with E-state index >= 15 is 0 Å². The Labute approximate surface area is 134 Å². The lowest BCUT2D eigenvalue weighted by Crippen LogP contribution is -2.10. The van der Waals surface area contributed by atoms with E-state index in [4.69, 9.17) is 18.0 Å². The molecule has 0 aliphatic carbocycles. The highest BCUT2D eigenvalue weighted by Gasteiger charge is 2.06. The molecule has 0 amide bonds. The number of thiocarbonyl (C=S) groups is 1. The van der Waals surface area contributed by atoms with Crippen LogP contribution in [-0.2, 0) is 0 Å². The Kier molecular flexibility index (Phi) is 4.60. The van der Waals surface area contributed by atoms with Crippen molar-refractivity contribution < 1.29 is 0 Å². The third-order valence-corrected chi connectivity index (χ3v) is 4.63. The van der Waals surface area contributed by atoms with Gasteiger partial charge < -0.3 is 11.1 Å². The summed E-state index contributed by atoms with van der Waals surface area (Å²) in [4.78, 5) is 0.384. The topological polar surface area (TPSA) is 38.0 Å². The van der Waals surface area contributed by atoms with Gasteiger partial charge in [-0.25, -0.2) is 0 Å². The summed E-state index contributed by atoms with van der Waals surface area (Å²) in [7, 11) is 0. The van der Waals surface area contributed by atoms with Crippen molar-refractivity contribution in [2.45, 2.75) is 6.92 Å². The van der Waals surface area contributed by atoms with Crippen LogP contribution in [0.5, 0.6) is 0 Å². The van der Waals surface area contributed by atoms with Gasteiger partial charge >= 0.3 is 0 Å². The summed E-state index contributed by atoms with van der Waals surface area (Å²) in [6, 6.07) is 11.9. The van der Waals surface area contributed by atoms with Crippen molar-refractivity contribution in [2.24, 2.45) is 5.73 Å². The largest absolute Gasteiger partial charge is 0.389 e. The molecular weight excluding hydrogens is 388 g/mol. The minimum Gasteiger partial charge on any atom is -0.389 e. The Hall–Kier alpha value is -0.910. The Balaban J connectivity index is 2.32. The SMILES string of the molecule is Cc1cccc(Nc2ccc(C(N)=S)c(Br)c2)c1Br. The molecule has 0 spiro atoms. The molecule has 0 unspecified atom stereocenters. The third kappa shape index (κ3) is 3.35. The Bertz CT molecular complexity index is 641. The molecule has 0 aliphatic rings. The highest BCUT2D eigenvalue weighted by atomic mass is 79.9. The van der Waals surface area contributed by atoms with Crippen molar-refractivity contribution >= 4 is 60.4 Å². The zero-order valence-electron chi connectivity index (χ0n) is 10.2. The Morgan fingerprint density at radius 1 is 1.21 bits per heavy atom. The van der Waals surface area contributed by atoms with Gasteiger partial charge in [0.25, 0.3) is 0 Å². The van der Waals surface area contributed by atoms with Crippen LogP contribution in [0.2, 0.25) is 0 Å². The first-order chi connectivity index (χ1) is 8.99. The Morgan fingerprint density at radius 2 is 1.95 bits per heavy atom. The lowest BCUT2D eigenvalue weighted by atomic mass is 10.2. The number of halogens is 2. The second-order valence-corrected chi connectivity index (χ2v) is 6.21. The molecule has 2 aromatic rings. The second-order valence-electron chi connectivity index (χ2n) is 4.12. The number of benzene rings is 2. The minimum absolute atomic E-state index is 0.384. The van der Waals surface area contributed by atoms with Crippen molar-refractivity contribution in [3.05, 3.63) is 56.5 Å². The maximum Gasteiger partial charge on any atom is 0.105 e. The van der Waals surface area contributed by atoms with E-state index in [0.29, 0.717) is 4.99 Å². The van der Waals surface area contributed by atoms with E-state index in [1.54, 1.807) is 0 Å². The van der Waals surface area contributed by atoms with Crippen molar-refractivity contribution in [2.75, 3.05) is 5.32 Å². The summed E-state index contributed by atoms with van der Waals surface area (Å²) in [5.74, 6) is 0. The van der Waals surface area contributed by atoms with Crippen LogP contribution in [0.1, 0.15) is 11.1 Å². The number of hydrogen-bond donors (Lipinski definition) is 2. The van der Waals surface area contributed by atoms with E-state index in [1.165, 1.54) is 5.56 Å². The van der Waals surface area contributed by atoms with Crippen LogP contribution in [0.15, 0.2) is 45.3 Å². The standard InChI is InChI=1S/C14H12Br2N2S/c1-8-3-2-4-12(13(8)16)18-9-5-6-10(14(17)19)11(15)7-9/h2-7,18H,1H3,(H2,17,19). The fraction of sp³-hybridized carbons (Fsp3) is 0.0714. The molecule has 0 saturated carbocycles. The highest BCUT2D eigenvalue weighted by Crippen LogP contribution is 2.30. The molecule has 0 aromatic heterocycles. The molecule has 0 atom stereocenters. The van der Waals surface area contributed by atoms with Crippen LogP contribution < -0.4 is 11.1 Å². The first-order valence-corrected chi connectivity index (χ1v) is 7.60. The molecule has 2 rings (SSSR count).